The molecular weight excluding hydrogens is 409 g/mol. The van der Waals surface area contributed by atoms with Gasteiger partial charge in [-0.25, -0.2) is 4.79 Å². The fourth-order valence-corrected chi connectivity index (χ4v) is 2.21. The third-order valence-electron chi connectivity index (χ3n) is 3.54. The number of anilines is 1. The standard InChI is InChI=1S/C19H17F3N2O6/c1-28-16(25)10-23-17(26)14-9-13(30-19(20,21)22)7-8-15(14)24-18(27)29-11-12-5-3-2-4-6-12/h2-9H,10-11H2,1H3,(H,23,26)(H,24,27). The number of carbonyl (C=O) groups is 3. The van der Waals surface area contributed by atoms with Crippen molar-refractivity contribution in [2.75, 3.05) is 19.0 Å². The smallest absolute Gasteiger partial charge is 0.468 e. The third kappa shape index (κ3) is 7.34. The molecule has 0 aliphatic heterocycles. The highest BCUT2D eigenvalue weighted by molar-refractivity contribution is 6.03. The Kier molecular flexibility index (Phi) is 7.62. The second-order valence-corrected chi connectivity index (χ2v) is 5.70. The molecule has 2 N–H and O–H groups in total. The number of alkyl halides is 3. The van der Waals surface area contributed by atoms with Gasteiger partial charge in [0.25, 0.3) is 5.91 Å². The monoisotopic (exact) mass is 426 g/mol. The quantitative estimate of drug-likeness (QED) is 0.659. The van der Waals surface area contributed by atoms with Gasteiger partial charge in [-0.2, -0.15) is 0 Å². The number of carbonyl (C=O) groups excluding carboxylic acids is 3. The number of nitrogens with one attached hydrogen (secondary N) is 2. The van der Waals surface area contributed by atoms with Crippen LogP contribution in [0.2, 0.25) is 0 Å². The molecule has 0 aromatic heterocycles. The Morgan fingerprint density at radius 1 is 1.03 bits per heavy atom. The highest BCUT2D eigenvalue weighted by Gasteiger charge is 2.31. The maximum atomic E-state index is 12.5. The third-order valence-corrected chi connectivity index (χ3v) is 3.54. The first-order valence-corrected chi connectivity index (χ1v) is 8.40. The lowest BCUT2D eigenvalue weighted by Crippen LogP contribution is -2.31. The van der Waals surface area contributed by atoms with Crippen molar-refractivity contribution >= 4 is 23.7 Å². The fraction of sp³-hybridized carbons (Fsp3) is 0.211. The predicted octanol–water partition coefficient (Wildman–Crippen LogP) is 3.24. The predicted molar refractivity (Wildman–Crippen MR) is 97.7 cm³/mol. The molecule has 0 spiro atoms. The molecule has 2 amide bonds. The maximum Gasteiger partial charge on any atom is 0.573 e. The molecular formula is C19H17F3N2O6. The average molecular weight is 426 g/mol. The van der Waals surface area contributed by atoms with Gasteiger partial charge in [-0.15, -0.1) is 13.2 Å². The Morgan fingerprint density at radius 3 is 2.37 bits per heavy atom. The summed E-state index contributed by atoms with van der Waals surface area (Å²) in [7, 11) is 1.10. The molecule has 0 saturated heterocycles. The van der Waals surface area contributed by atoms with Crippen LogP contribution in [0.4, 0.5) is 23.7 Å². The minimum atomic E-state index is -4.98. The van der Waals surface area contributed by atoms with Gasteiger partial charge < -0.3 is 19.5 Å². The van der Waals surface area contributed by atoms with E-state index in [9.17, 15) is 27.6 Å². The van der Waals surface area contributed by atoms with Gasteiger partial charge in [-0.05, 0) is 23.8 Å². The Labute approximate surface area is 168 Å². The van der Waals surface area contributed by atoms with E-state index in [1.54, 1.807) is 30.3 Å². The average Bonchev–Trinajstić information content (AvgIpc) is 2.71. The van der Waals surface area contributed by atoms with Crippen molar-refractivity contribution in [3.05, 3.63) is 59.7 Å². The van der Waals surface area contributed by atoms with Crippen LogP contribution in [0.3, 0.4) is 0 Å². The van der Waals surface area contributed by atoms with Crippen molar-refractivity contribution in [2.45, 2.75) is 13.0 Å². The van der Waals surface area contributed by atoms with Crippen molar-refractivity contribution in [3.8, 4) is 5.75 Å². The van der Waals surface area contributed by atoms with Crippen molar-refractivity contribution in [1.29, 1.82) is 0 Å². The van der Waals surface area contributed by atoms with Gasteiger partial charge >= 0.3 is 18.4 Å². The van der Waals surface area contributed by atoms with Gasteiger partial charge in [0, 0.05) is 0 Å². The molecule has 160 valence electrons. The zero-order valence-electron chi connectivity index (χ0n) is 15.6. The van der Waals surface area contributed by atoms with Crippen LogP contribution in [0.15, 0.2) is 48.5 Å². The van der Waals surface area contributed by atoms with Crippen LogP contribution in [0, 0.1) is 0 Å². The summed E-state index contributed by atoms with van der Waals surface area (Å²) in [5.41, 5.74) is 0.180. The molecule has 0 radical (unpaired) electrons. The van der Waals surface area contributed by atoms with E-state index in [-0.39, 0.29) is 17.9 Å². The van der Waals surface area contributed by atoms with Crippen LogP contribution in [0.1, 0.15) is 15.9 Å². The van der Waals surface area contributed by atoms with E-state index in [4.69, 9.17) is 4.74 Å². The lowest BCUT2D eigenvalue weighted by molar-refractivity contribution is -0.274. The molecule has 11 heteroatoms. The van der Waals surface area contributed by atoms with E-state index in [2.05, 4.69) is 20.1 Å². The summed E-state index contributed by atoms with van der Waals surface area (Å²) in [6.07, 6.45) is -5.92. The SMILES string of the molecule is COC(=O)CNC(=O)c1cc(OC(F)(F)F)ccc1NC(=O)OCc1ccccc1. The van der Waals surface area contributed by atoms with E-state index >= 15 is 0 Å². The minimum Gasteiger partial charge on any atom is -0.468 e. The Hall–Kier alpha value is -3.76. The zero-order valence-corrected chi connectivity index (χ0v) is 15.6. The topological polar surface area (TPSA) is 103 Å². The summed E-state index contributed by atoms with van der Waals surface area (Å²) in [5, 5.41) is 4.45. The van der Waals surface area contributed by atoms with Gasteiger partial charge in [-0.1, -0.05) is 30.3 Å². The first-order chi connectivity index (χ1) is 14.2. The number of amides is 2. The lowest BCUT2D eigenvalue weighted by atomic mass is 10.1. The summed E-state index contributed by atoms with van der Waals surface area (Å²) in [5.74, 6) is -2.40. The molecule has 2 aromatic rings. The number of rotatable bonds is 7. The maximum absolute atomic E-state index is 12.5. The number of methoxy groups -OCH3 is 1. The van der Waals surface area contributed by atoms with Crippen LogP contribution in [-0.4, -0.2) is 38.0 Å². The van der Waals surface area contributed by atoms with Crippen molar-refractivity contribution in [3.63, 3.8) is 0 Å². The van der Waals surface area contributed by atoms with Gasteiger partial charge in [-0.3, -0.25) is 14.9 Å². The van der Waals surface area contributed by atoms with Crippen molar-refractivity contribution in [1.82, 2.24) is 5.32 Å². The van der Waals surface area contributed by atoms with E-state index in [0.29, 0.717) is 5.56 Å². The van der Waals surface area contributed by atoms with E-state index in [0.717, 1.165) is 25.3 Å². The zero-order chi connectivity index (χ0) is 22.1. The van der Waals surface area contributed by atoms with Crippen LogP contribution in [0.5, 0.6) is 5.75 Å². The number of hydrogen-bond acceptors (Lipinski definition) is 6. The molecule has 0 unspecified atom stereocenters. The molecule has 2 rings (SSSR count). The second-order valence-electron chi connectivity index (χ2n) is 5.70. The van der Waals surface area contributed by atoms with Gasteiger partial charge in [0.2, 0.25) is 0 Å². The molecule has 0 saturated carbocycles. The molecule has 0 atom stereocenters. The highest BCUT2D eigenvalue weighted by atomic mass is 19.4. The molecule has 0 bridgehead atoms. The fourth-order valence-electron chi connectivity index (χ4n) is 2.21. The summed E-state index contributed by atoms with van der Waals surface area (Å²) in [4.78, 5) is 35.5. The van der Waals surface area contributed by atoms with Crippen molar-refractivity contribution < 1.29 is 41.8 Å². The number of ether oxygens (including phenoxy) is 3. The number of halogens is 3. The Balaban J connectivity index is 2.15. The molecule has 0 aliphatic carbocycles. The molecule has 2 aromatic carbocycles. The number of benzene rings is 2. The molecule has 0 heterocycles. The first kappa shape index (κ1) is 22.5. The van der Waals surface area contributed by atoms with Crippen LogP contribution < -0.4 is 15.4 Å². The Bertz CT molecular complexity index is 903. The number of esters is 1. The van der Waals surface area contributed by atoms with Gasteiger partial charge in [0.15, 0.2) is 0 Å². The number of hydrogen-bond donors (Lipinski definition) is 2. The molecule has 30 heavy (non-hydrogen) atoms. The van der Waals surface area contributed by atoms with Crippen LogP contribution in [0.25, 0.3) is 0 Å². The van der Waals surface area contributed by atoms with Gasteiger partial charge in [0.05, 0.1) is 18.4 Å². The van der Waals surface area contributed by atoms with E-state index in [1.807, 2.05) is 0 Å². The van der Waals surface area contributed by atoms with Crippen molar-refractivity contribution in [2.24, 2.45) is 0 Å². The summed E-state index contributed by atoms with van der Waals surface area (Å²) in [6.45, 7) is -0.594. The van der Waals surface area contributed by atoms with Crippen LogP contribution >= 0.6 is 0 Å². The Morgan fingerprint density at radius 2 is 1.73 bits per heavy atom. The normalized spacial score (nSPS) is 10.7. The summed E-state index contributed by atoms with van der Waals surface area (Å²) in [6, 6.07) is 11.5. The van der Waals surface area contributed by atoms with Crippen LogP contribution in [-0.2, 0) is 20.9 Å². The van der Waals surface area contributed by atoms with Gasteiger partial charge in [0.1, 0.15) is 18.9 Å². The minimum absolute atomic E-state index is 0.0637. The van der Waals surface area contributed by atoms with E-state index in [1.165, 1.54) is 0 Å². The molecule has 0 aliphatic rings. The van der Waals surface area contributed by atoms with E-state index < -0.39 is 36.6 Å². The first-order valence-electron chi connectivity index (χ1n) is 8.40. The highest BCUT2D eigenvalue weighted by Crippen LogP contribution is 2.27. The largest absolute Gasteiger partial charge is 0.573 e. The second kappa shape index (κ2) is 10.1. The lowest BCUT2D eigenvalue weighted by Gasteiger charge is -2.14. The molecule has 8 nitrogen and oxygen atoms in total. The molecule has 0 fully saturated rings. The summed E-state index contributed by atoms with van der Waals surface area (Å²) < 4.78 is 50.6. The summed E-state index contributed by atoms with van der Waals surface area (Å²) >= 11 is 0.